The molecule has 1 atom stereocenters. The summed E-state index contributed by atoms with van der Waals surface area (Å²) in [5.41, 5.74) is 7.18. The molecule has 4 nitrogen and oxygen atoms in total. The Morgan fingerprint density at radius 3 is 2.80 bits per heavy atom. The van der Waals surface area contributed by atoms with Crippen LogP contribution >= 0.6 is 0 Å². The summed E-state index contributed by atoms with van der Waals surface area (Å²) in [5.74, 6) is 0.219. The van der Waals surface area contributed by atoms with Crippen molar-refractivity contribution in [1.29, 1.82) is 0 Å². The molecule has 1 aromatic heterocycles. The van der Waals surface area contributed by atoms with Gasteiger partial charge >= 0.3 is 0 Å². The van der Waals surface area contributed by atoms with E-state index in [4.69, 9.17) is 9.72 Å². The van der Waals surface area contributed by atoms with E-state index in [2.05, 4.69) is 31.2 Å². The number of ether oxygens (including phenoxy) is 1. The molecule has 2 aliphatic heterocycles. The van der Waals surface area contributed by atoms with Gasteiger partial charge in [0.15, 0.2) is 0 Å². The van der Waals surface area contributed by atoms with Crippen molar-refractivity contribution in [1.82, 2.24) is 9.88 Å². The molecule has 4 heteroatoms. The molecule has 25 heavy (non-hydrogen) atoms. The fourth-order valence-electron chi connectivity index (χ4n) is 3.91. The monoisotopic (exact) mass is 336 g/mol. The zero-order valence-electron chi connectivity index (χ0n) is 14.9. The van der Waals surface area contributed by atoms with Crippen molar-refractivity contribution >= 4 is 5.91 Å². The van der Waals surface area contributed by atoms with E-state index >= 15 is 0 Å². The van der Waals surface area contributed by atoms with Gasteiger partial charge in [0, 0.05) is 43.6 Å². The number of carbonyl (C=O) groups is 1. The van der Waals surface area contributed by atoms with Crippen LogP contribution in [0.4, 0.5) is 0 Å². The number of hydrogen-bond acceptors (Lipinski definition) is 3. The van der Waals surface area contributed by atoms with Gasteiger partial charge < -0.3 is 9.64 Å². The number of benzene rings is 1. The summed E-state index contributed by atoms with van der Waals surface area (Å²) in [7, 11) is 0. The second-order valence-electron chi connectivity index (χ2n) is 6.95. The van der Waals surface area contributed by atoms with Crippen LogP contribution in [0.2, 0.25) is 0 Å². The van der Waals surface area contributed by atoms with Crippen LogP contribution in [0.1, 0.15) is 42.7 Å². The van der Waals surface area contributed by atoms with E-state index in [1.54, 1.807) is 0 Å². The highest BCUT2D eigenvalue weighted by Crippen LogP contribution is 2.35. The van der Waals surface area contributed by atoms with Crippen molar-refractivity contribution < 1.29 is 9.53 Å². The van der Waals surface area contributed by atoms with Gasteiger partial charge in [-0.05, 0) is 23.6 Å². The molecule has 0 aliphatic carbocycles. The summed E-state index contributed by atoms with van der Waals surface area (Å²) in [6.07, 6.45) is 2.46. The lowest BCUT2D eigenvalue weighted by Crippen LogP contribution is -2.37. The lowest BCUT2D eigenvalue weighted by atomic mass is 9.88. The Bertz CT molecular complexity index is 801. The van der Waals surface area contributed by atoms with Gasteiger partial charge in [-0.3, -0.25) is 9.78 Å². The number of nitrogens with zero attached hydrogens (tertiary/aromatic N) is 2. The van der Waals surface area contributed by atoms with Crippen LogP contribution in [0.5, 0.6) is 0 Å². The molecule has 0 bridgehead atoms. The maximum atomic E-state index is 12.2. The number of fused-ring (bicyclic) bond motifs is 3. The van der Waals surface area contributed by atoms with Crippen LogP contribution in [0, 0.1) is 0 Å². The highest BCUT2D eigenvalue weighted by molar-refractivity contribution is 5.76. The molecule has 130 valence electrons. The van der Waals surface area contributed by atoms with Crippen LogP contribution in [0.25, 0.3) is 11.3 Å². The van der Waals surface area contributed by atoms with E-state index in [-0.39, 0.29) is 12.0 Å². The Kier molecular flexibility index (Phi) is 4.30. The van der Waals surface area contributed by atoms with Gasteiger partial charge in [-0.1, -0.05) is 37.3 Å². The molecule has 4 rings (SSSR count). The molecule has 0 saturated heterocycles. The minimum atomic E-state index is 0.201. The fraction of sp³-hybridized carbons (Fsp3) is 0.429. The van der Waals surface area contributed by atoms with E-state index < -0.39 is 0 Å². The molecule has 0 fully saturated rings. The van der Waals surface area contributed by atoms with Gasteiger partial charge in [-0.2, -0.15) is 0 Å². The molecule has 3 heterocycles. The predicted molar refractivity (Wildman–Crippen MR) is 97.0 cm³/mol. The fourth-order valence-corrected chi connectivity index (χ4v) is 3.91. The van der Waals surface area contributed by atoms with Crippen LogP contribution < -0.4 is 0 Å². The van der Waals surface area contributed by atoms with E-state index in [9.17, 15) is 4.79 Å². The van der Waals surface area contributed by atoms with Gasteiger partial charge in [-0.15, -0.1) is 0 Å². The van der Waals surface area contributed by atoms with E-state index in [0.717, 1.165) is 30.8 Å². The number of pyridine rings is 1. The van der Waals surface area contributed by atoms with Crippen molar-refractivity contribution in [3.63, 3.8) is 0 Å². The topological polar surface area (TPSA) is 42.4 Å². The highest BCUT2D eigenvalue weighted by atomic mass is 16.5. The zero-order valence-corrected chi connectivity index (χ0v) is 14.9. The number of aromatic nitrogens is 1. The van der Waals surface area contributed by atoms with Gasteiger partial charge in [-0.25, -0.2) is 0 Å². The average Bonchev–Trinajstić information content (AvgIpc) is 2.66. The van der Waals surface area contributed by atoms with Crippen LogP contribution in [0.15, 0.2) is 30.3 Å². The third-order valence-electron chi connectivity index (χ3n) is 5.28. The summed E-state index contributed by atoms with van der Waals surface area (Å²) in [5, 5.41) is 0. The molecule has 0 saturated carbocycles. The van der Waals surface area contributed by atoms with Gasteiger partial charge in [0.1, 0.15) is 0 Å². The van der Waals surface area contributed by atoms with Crippen molar-refractivity contribution in [3.8, 4) is 11.3 Å². The standard InChI is InChI=1S/C21H24N2O2/c1-3-20(24)23-10-9-19-17(12-23)18-13-25-14(2)11-16(18)21(22-19)15-7-5-4-6-8-15/h4-8,14H,3,9-13H2,1-2H3/t14-/m0/s1. The first-order valence-corrected chi connectivity index (χ1v) is 9.15. The van der Waals surface area contributed by atoms with Crippen molar-refractivity contribution in [2.75, 3.05) is 6.54 Å². The largest absolute Gasteiger partial charge is 0.373 e. The molecule has 2 aliphatic rings. The quantitative estimate of drug-likeness (QED) is 0.843. The zero-order chi connectivity index (χ0) is 17.4. The molecular weight excluding hydrogens is 312 g/mol. The van der Waals surface area contributed by atoms with Crippen molar-refractivity contribution in [3.05, 3.63) is 52.7 Å². The molecule has 0 radical (unpaired) electrons. The van der Waals surface area contributed by atoms with Crippen molar-refractivity contribution in [2.45, 2.75) is 52.4 Å². The number of carbonyl (C=O) groups excluding carboxylic acids is 1. The second-order valence-corrected chi connectivity index (χ2v) is 6.95. The molecule has 0 N–H and O–H groups in total. The lowest BCUT2D eigenvalue weighted by Gasteiger charge is -2.34. The smallest absolute Gasteiger partial charge is 0.222 e. The van der Waals surface area contributed by atoms with E-state index in [0.29, 0.717) is 19.6 Å². The van der Waals surface area contributed by atoms with Gasteiger partial charge in [0.2, 0.25) is 5.91 Å². The summed E-state index contributed by atoms with van der Waals surface area (Å²) in [4.78, 5) is 19.2. The SMILES string of the molecule is CCC(=O)N1CCc2nc(-c3ccccc3)c3c(c2C1)CO[C@@H](C)C3. The number of amides is 1. The van der Waals surface area contributed by atoms with Gasteiger partial charge in [0.05, 0.1) is 18.4 Å². The summed E-state index contributed by atoms with van der Waals surface area (Å²) >= 11 is 0. The minimum absolute atomic E-state index is 0.201. The Morgan fingerprint density at radius 1 is 1.24 bits per heavy atom. The number of rotatable bonds is 2. The first-order chi connectivity index (χ1) is 12.2. The first-order valence-electron chi connectivity index (χ1n) is 9.15. The van der Waals surface area contributed by atoms with Crippen molar-refractivity contribution in [2.24, 2.45) is 0 Å². The average molecular weight is 336 g/mol. The first kappa shape index (κ1) is 16.3. The molecule has 1 amide bonds. The summed E-state index contributed by atoms with van der Waals surface area (Å²) < 4.78 is 5.95. The Morgan fingerprint density at radius 2 is 2.04 bits per heavy atom. The Labute approximate surface area is 148 Å². The molecular formula is C21H24N2O2. The normalized spacial score (nSPS) is 19.3. The van der Waals surface area contributed by atoms with E-state index in [1.165, 1.54) is 22.3 Å². The third kappa shape index (κ3) is 2.95. The van der Waals surface area contributed by atoms with E-state index in [1.807, 2.05) is 17.9 Å². The molecule has 0 unspecified atom stereocenters. The van der Waals surface area contributed by atoms with Crippen LogP contribution in [0.3, 0.4) is 0 Å². The maximum absolute atomic E-state index is 12.2. The second kappa shape index (κ2) is 6.60. The highest BCUT2D eigenvalue weighted by Gasteiger charge is 2.29. The lowest BCUT2D eigenvalue weighted by molar-refractivity contribution is -0.131. The number of hydrogen-bond donors (Lipinski definition) is 0. The predicted octanol–water partition coefficient (Wildman–Crippen LogP) is 3.50. The maximum Gasteiger partial charge on any atom is 0.222 e. The minimum Gasteiger partial charge on any atom is -0.373 e. The molecule has 0 spiro atoms. The summed E-state index contributed by atoms with van der Waals surface area (Å²) in [6.45, 7) is 6.09. The Hall–Kier alpha value is -2.20. The molecule has 1 aromatic carbocycles. The molecule has 2 aromatic rings. The Balaban J connectivity index is 1.83. The van der Waals surface area contributed by atoms with Crippen LogP contribution in [-0.4, -0.2) is 28.4 Å². The van der Waals surface area contributed by atoms with Crippen LogP contribution in [-0.2, 0) is 35.5 Å². The van der Waals surface area contributed by atoms with Gasteiger partial charge in [0.25, 0.3) is 0 Å². The third-order valence-corrected chi connectivity index (χ3v) is 5.28. The summed E-state index contributed by atoms with van der Waals surface area (Å²) in [6, 6.07) is 10.4.